The molecule has 0 fully saturated rings. The summed E-state index contributed by atoms with van der Waals surface area (Å²) in [7, 11) is 1.93. The third-order valence-electron chi connectivity index (χ3n) is 4.10. The quantitative estimate of drug-likeness (QED) is 0.273. The number of aromatic nitrogens is 1. The summed E-state index contributed by atoms with van der Waals surface area (Å²) in [6.07, 6.45) is 2.94. The minimum absolute atomic E-state index is 0.0454. The molecule has 1 heterocycles. The Balaban J connectivity index is 2.36. The summed E-state index contributed by atoms with van der Waals surface area (Å²) >= 11 is 0. The molecule has 0 radical (unpaired) electrons. The van der Waals surface area contributed by atoms with E-state index in [1.54, 1.807) is 12.1 Å². The zero-order valence-corrected chi connectivity index (χ0v) is 16.4. The molecule has 0 unspecified atom stereocenters. The largest absolute Gasteiger partial charge is 0.380 e. The first-order chi connectivity index (χ1) is 12.2. The lowest BCUT2D eigenvalue weighted by atomic mass is 9.99. The number of azide groups is 1. The number of nitrogens with one attached hydrogen (secondary N) is 2. The lowest BCUT2D eigenvalue weighted by Gasteiger charge is -2.23. The minimum atomic E-state index is -0.551. The molecule has 0 bridgehead atoms. The van der Waals surface area contributed by atoms with Gasteiger partial charge in [-0.25, -0.2) is 0 Å². The van der Waals surface area contributed by atoms with Gasteiger partial charge in [0, 0.05) is 47.5 Å². The van der Waals surface area contributed by atoms with E-state index in [1.165, 1.54) is 6.20 Å². The lowest BCUT2D eigenvalue weighted by Crippen LogP contribution is -2.37. The summed E-state index contributed by atoms with van der Waals surface area (Å²) in [5.74, 6) is -0.183. The average Bonchev–Trinajstić information content (AvgIpc) is 2.58. The molecule has 0 saturated heterocycles. The summed E-state index contributed by atoms with van der Waals surface area (Å²) in [5.41, 5.74) is 9.32. The van der Waals surface area contributed by atoms with Gasteiger partial charge in [0.15, 0.2) is 0 Å². The van der Waals surface area contributed by atoms with E-state index in [0.29, 0.717) is 31.7 Å². The molecule has 8 nitrogen and oxygen atoms in total. The van der Waals surface area contributed by atoms with Crippen LogP contribution in [-0.4, -0.2) is 48.8 Å². The van der Waals surface area contributed by atoms with Crippen LogP contribution in [0.4, 0.5) is 0 Å². The van der Waals surface area contributed by atoms with Gasteiger partial charge in [0.05, 0.1) is 12.2 Å². The number of amides is 1. The predicted octanol–water partition coefficient (Wildman–Crippen LogP) is 2.85. The van der Waals surface area contributed by atoms with Crippen molar-refractivity contribution in [3.8, 4) is 0 Å². The van der Waals surface area contributed by atoms with E-state index in [1.807, 2.05) is 20.9 Å². The van der Waals surface area contributed by atoms with Crippen molar-refractivity contribution in [1.82, 2.24) is 15.6 Å². The van der Waals surface area contributed by atoms with E-state index < -0.39 is 5.54 Å². The number of nitrogens with zero attached hydrogens (tertiary/aromatic N) is 4. The fraction of sp³-hybridized carbons (Fsp3) is 0.667. The molecular formula is C18H30N6O2. The maximum atomic E-state index is 12.1. The van der Waals surface area contributed by atoms with Gasteiger partial charge in [-0.3, -0.25) is 9.78 Å². The zero-order chi connectivity index (χ0) is 19.6. The summed E-state index contributed by atoms with van der Waals surface area (Å²) < 4.78 is 5.54. The second-order valence-electron chi connectivity index (χ2n) is 7.47. The van der Waals surface area contributed by atoms with Crippen molar-refractivity contribution in [3.63, 3.8) is 0 Å². The number of ether oxygens (including phenoxy) is 1. The summed E-state index contributed by atoms with van der Waals surface area (Å²) in [5, 5.41) is 9.77. The van der Waals surface area contributed by atoms with Crippen LogP contribution in [0.1, 0.15) is 50.2 Å². The smallest absolute Gasteiger partial charge is 0.252 e. The van der Waals surface area contributed by atoms with Crippen molar-refractivity contribution < 1.29 is 9.53 Å². The fourth-order valence-corrected chi connectivity index (χ4v) is 2.16. The SMILES string of the molecule is CNC(C)(C)CCOCCNC(=O)c1ccc(CC(C)(C)N=[N+]=[N-])nc1. The topological polar surface area (TPSA) is 112 Å². The summed E-state index contributed by atoms with van der Waals surface area (Å²) in [4.78, 5) is 19.2. The molecule has 26 heavy (non-hydrogen) atoms. The second kappa shape index (κ2) is 10.1. The Hall–Kier alpha value is -2.15. The lowest BCUT2D eigenvalue weighted by molar-refractivity contribution is 0.0894. The molecule has 1 amide bonds. The van der Waals surface area contributed by atoms with Crippen molar-refractivity contribution in [2.24, 2.45) is 5.11 Å². The maximum absolute atomic E-state index is 12.1. The number of pyridine rings is 1. The first-order valence-electron chi connectivity index (χ1n) is 8.75. The van der Waals surface area contributed by atoms with Gasteiger partial charge in [0.25, 0.3) is 5.91 Å². The van der Waals surface area contributed by atoms with E-state index in [4.69, 9.17) is 10.3 Å². The van der Waals surface area contributed by atoms with Gasteiger partial charge in [0.2, 0.25) is 0 Å². The van der Waals surface area contributed by atoms with Gasteiger partial charge >= 0.3 is 0 Å². The van der Waals surface area contributed by atoms with Crippen LogP contribution in [0.3, 0.4) is 0 Å². The number of carbonyl (C=O) groups excluding carboxylic acids is 1. The molecule has 1 rings (SSSR count). The minimum Gasteiger partial charge on any atom is -0.380 e. The van der Waals surface area contributed by atoms with Crippen molar-refractivity contribution in [3.05, 3.63) is 40.0 Å². The van der Waals surface area contributed by atoms with Gasteiger partial charge in [-0.2, -0.15) is 0 Å². The molecule has 0 saturated carbocycles. The first kappa shape index (κ1) is 21.9. The number of carbonyl (C=O) groups is 1. The first-order valence-corrected chi connectivity index (χ1v) is 8.75. The molecule has 0 aliphatic carbocycles. The van der Waals surface area contributed by atoms with E-state index >= 15 is 0 Å². The van der Waals surface area contributed by atoms with Gasteiger partial charge < -0.3 is 15.4 Å². The number of hydrogen-bond donors (Lipinski definition) is 2. The van der Waals surface area contributed by atoms with Gasteiger partial charge in [-0.05, 0) is 45.0 Å². The number of hydrogen-bond acceptors (Lipinski definition) is 5. The highest BCUT2D eigenvalue weighted by molar-refractivity contribution is 5.93. The van der Waals surface area contributed by atoms with E-state index in [9.17, 15) is 4.79 Å². The Morgan fingerprint density at radius 2 is 2.04 bits per heavy atom. The summed E-state index contributed by atoms with van der Waals surface area (Å²) in [6, 6.07) is 3.50. The van der Waals surface area contributed by atoms with Crippen molar-refractivity contribution >= 4 is 5.91 Å². The van der Waals surface area contributed by atoms with E-state index in [2.05, 4.69) is 39.5 Å². The molecule has 1 aromatic heterocycles. The van der Waals surface area contributed by atoms with Crippen LogP contribution in [0, 0.1) is 0 Å². The van der Waals surface area contributed by atoms with E-state index in [0.717, 1.165) is 12.1 Å². The Kier molecular flexibility index (Phi) is 8.51. The normalized spacial score (nSPS) is 11.7. The van der Waals surface area contributed by atoms with Crippen LogP contribution >= 0.6 is 0 Å². The third-order valence-corrected chi connectivity index (χ3v) is 4.10. The monoisotopic (exact) mass is 362 g/mol. The standard InChI is InChI=1S/C18H30N6O2/c1-17(2,20-5)8-10-26-11-9-21-16(25)14-6-7-15(22-13-14)12-18(3,4)23-24-19/h6-7,13,20H,8-12H2,1-5H3,(H,21,25). The molecule has 0 aromatic carbocycles. The van der Waals surface area contributed by atoms with Gasteiger partial charge in [0.1, 0.15) is 0 Å². The maximum Gasteiger partial charge on any atom is 0.252 e. The number of rotatable bonds is 11. The van der Waals surface area contributed by atoms with Gasteiger partial charge in [-0.15, -0.1) is 0 Å². The van der Waals surface area contributed by atoms with Crippen LogP contribution < -0.4 is 10.6 Å². The van der Waals surface area contributed by atoms with Crippen LogP contribution in [0.15, 0.2) is 23.4 Å². The molecule has 144 valence electrons. The van der Waals surface area contributed by atoms with Crippen molar-refractivity contribution in [1.29, 1.82) is 0 Å². The molecule has 0 aliphatic heterocycles. The second-order valence-corrected chi connectivity index (χ2v) is 7.47. The Labute approximate surface area is 155 Å². The highest BCUT2D eigenvalue weighted by atomic mass is 16.5. The van der Waals surface area contributed by atoms with Crippen LogP contribution in [0.5, 0.6) is 0 Å². The molecule has 0 aliphatic rings. The average molecular weight is 362 g/mol. The fourth-order valence-electron chi connectivity index (χ4n) is 2.16. The Morgan fingerprint density at radius 3 is 2.62 bits per heavy atom. The Morgan fingerprint density at radius 1 is 1.31 bits per heavy atom. The zero-order valence-electron chi connectivity index (χ0n) is 16.4. The molecule has 0 spiro atoms. The third kappa shape index (κ3) is 8.29. The molecular weight excluding hydrogens is 332 g/mol. The van der Waals surface area contributed by atoms with Crippen LogP contribution in [-0.2, 0) is 11.2 Å². The molecule has 1 aromatic rings. The van der Waals surface area contributed by atoms with Crippen LogP contribution in [0.25, 0.3) is 10.4 Å². The van der Waals surface area contributed by atoms with Crippen molar-refractivity contribution in [2.45, 2.75) is 51.6 Å². The summed E-state index contributed by atoms with van der Waals surface area (Å²) in [6.45, 7) is 9.47. The van der Waals surface area contributed by atoms with Crippen molar-refractivity contribution in [2.75, 3.05) is 26.8 Å². The molecule has 8 heteroatoms. The molecule has 0 atom stereocenters. The van der Waals surface area contributed by atoms with Gasteiger partial charge in [-0.1, -0.05) is 19.0 Å². The van der Waals surface area contributed by atoms with E-state index in [-0.39, 0.29) is 11.4 Å². The van der Waals surface area contributed by atoms with Crippen LogP contribution in [0.2, 0.25) is 0 Å². The predicted molar refractivity (Wildman–Crippen MR) is 102 cm³/mol. The Bertz CT molecular complexity index is 621. The highest BCUT2D eigenvalue weighted by Gasteiger charge is 2.17. The highest BCUT2D eigenvalue weighted by Crippen LogP contribution is 2.16. The molecule has 2 N–H and O–H groups in total.